The van der Waals surface area contributed by atoms with Crippen LogP contribution in [-0.2, 0) is 11.0 Å². The van der Waals surface area contributed by atoms with E-state index in [1.54, 1.807) is 40.2 Å². The van der Waals surface area contributed by atoms with Gasteiger partial charge < -0.3 is 23.7 Å². The van der Waals surface area contributed by atoms with E-state index in [-0.39, 0.29) is 5.41 Å². The molecule has 1 fully saturated rings. The maximum Gasteiger partial charge on any atom is 0.178 e. The number of aryl methyl sites for hydroxylation is 1. The molecule has 0 atom stereocenters. The van der Waals surface area contributed by atoms with Crippen molar-refractivity contribution in [3.8, 4) is 39.9 Å². The summed E-state index contributed by atoms with van der Waals surface area (Å²) in [5, 5.41) is 2.23. The number of hydrogen-bond acceptors (Lipinski definition) is 6. The lowest BCUT2D eigenvalue weighted by Gasteiger charge is -2.40. The zero-order chi connectivity index (χ0) is 38.4. The molecule has 0 N–H and O–H groups in total. The molecule has 1 heterocycles. The van der Waals surface area contributed by atoms with Gasteiger partial charge in [0.2, 0.25) is 0 Å². The second kappa shape index (κ2) is 14.6. The van der Waals surface area contributed by atoms with Gasteiger partial charge in [-0.25, -0.2) is 0 Å². The Kier molecular flexibility index (Phi) is 9.49. The van der Waals surface area contributed by atoms with Gasteiger partial charge in [-0.05, 0) is 114 Å². The van der Waals surface area contributed by atoms with E-state index in [0.29, 0.717) is 0 Å². The van der Waals surface area contributed by atoms with E-state index in [1.807, 2.05) is 30.3 Å². The van der Waals surface area contributed by atoms with Crippen molar-refractivity contribution in [2.24, 2.45) is 0 Å². The summed E-state index contributed by atoms with van der Waals surface area (Å²) < 4.78 is 30.7. The molecule has 6 aromatic carbocycles. The zero-order valence-electron chi connectivity index (χ0n) is 32.9. The number of fused-ring (bicyclic) bond motifs is 10. The molecule has 3 aliphatic rings. The van der Waals surface area contributed by atoms with Gasteiger partial charge in [-0.1, -0.05) is 98.5 Å². The second-order valence-electron chi connectivity index (χ2n) is 15.3. The summed E-state index contributed by atoms with van der Waals surface area (Å²) >= 11 is 1.74. The van der Waals surface area contributed by atoms with Crippen LogP contribution in [-0.4, -0.2) is 28.4 Å². The number of ether oxygens (including phenoxy) is 5. The molecular formula is C50H48O5S. The quantitative estimate of drug-likeness (QED) is 0.154. The maximum atomic E-state index is 7.72. The van der Waals surface area contributed by atoms with E-state index in [2.05, 4.69) is 91.9 Å². The van der Waals surface area contributed by atoms with Crippen molar-refractivity contribution in [3.05, 3.63) is 143 Å². The molecule has 6 heteroatoms. The number of rotatable bonds is 8. The molecule has 0 aromatic heterocycles. The molecule has 0 unspecified atom stereocenters. The van der Waals surface area contributed by atoms with Crippen molar-refractivity contribution < 1.29 is 23.7 Å². The van der Waals surface area contributed by atoms with Crippen LogP contribution in [0.25, 0.3) is 28.0 Å². The monoisotopic (exact) mass is 760 g/mol. The Hall–Kier alpha value is -5.33. The highest BCUT2D eigenvalue weighted by molar-refractivity contribution is 7.99. The lowest BCUT2D eigenvalue weighted by atomic mass is 9.67. The topological polar surface area (TPSA) is 46.2 Å². The smallest absolute Gasteiger partial charge is 0.178 e. The predicted molar refractivity (Wildman–Crippen MR) is 227 cm³/mol. The van der Waals surface area contributed by atoms with E-state index < -0.39 is 5.60 Å². The summed E-state index contributed by atoms with van der Waals surface area (Å²) in [4.78, 5) is 2.22. The van der Waals surface area contributed by atoms with Crippen LogP contribution in [0.4, 0.5) is 0 Å². The number of benzene rings is 6. The van der Waals surface area contributed by atoms with Gasteiger partial charge in [0.15, 0.2) is 5.60 Å². The molecule has 5 nitrogen and oxygen atoms in total. The highest BCUT2D eigenvalue weighted by atomic mass is 32.2. The lowest BCUT2D eigenvalue weighted by Crippen LogP contribution is -2.35. The Balaban J connectivity index is 1.35. The Labute approximate surface area is 334 Å². The standard InChI is InChI=1S/C50H48O5S/c1-32-29-37(53-4)23-24-44(32)56-45-31-40-41(30-43(45)54-5)48-39(47-46(40)38-13-9-10-14-42(38)49(47)26-11-7-6-8-12-27-49)25-28-50(55-48,33-15-19-35(51-2)20-16-33)34-17-21-36(52-3)22-18-34/h9-10,13-25,28-31H,6-8,11-12,26-27H2,1-5H3. The Morgan fingerprint density at radius 3 is 1.86 bits per heavy atom. The molecule has 56 heavy (non-hydrogen) atoms. The van der Waals surface area contributed by atoms with Gasteiger partial charge in [-0.15, -0.1) is 0 Å². The molecule has 0 amide bonds. The molecule has 0 bridgehead atoms. The Bertz CT molecular complexity index is 2410. The molecule has 0 radical (unpaired) electrons. The minimum absolute atomic E-state index is 0.113. The van der Waals surface area contributed by atoms with E-state index in [4.69, 9.17) is 23.7 Å². The molecule has 6 aromatic rings. The summed E-state index contributed by atoms with van der Waals surface area (Å²) in [7, 11) is 6.89. The van der Waals surface area contributed by atoms with Crippen molar-refractivity contribution in [2.45, 2.75) is 72.7 Å². The maximum absolute atomic E-state index is 7.72. The molecule has 9 rings (SSSR count). The molecule has 2 aliphatic carbocycles. The van der Waals surface area contributed by atoms with Crippen LogP contribution < -0.4 is 23.7 Å². The fourth-order valence-electron chi connectivity index (χ4n) is 9.58. The third-order valence-corrected chi connectivity index (χ3v) is 13.6. The van der Waals surface area contributed by atoms with Gasteiger partial charge in [0.1, 0.15) is 28.7 Å². The first-order valence-corrected chi connectivity index (χ1v) is 20.6. The summed E-state index contributed by atoms with van der Waals surface area (Å²) in [6.07, 6.45) is 13.1. The fraction of sp³-hybridized carbons (Fsp3) is 0.280. The normalized spacial score (nSPS) is 16.2. The Morgan fingerprint density at radius 2 is 1.23 bits per heavy atom. The number of hydrogen-bond donors (Lipinski definition) is 0. The van der Waals surface area contributed by atoms with Crippen LogP contribution in [0.1, 0.15) is 78.3 Å². The van der Waals surface area contributed by atoms with Crippen molar-refractivity contribution in [2.75, 3.05) is 28.4 Å². The first-order chi connectivity index (χ1) is 27.4. The predicted octanol–water partition coefficient (Wildman–Crippen LogP) is 12.7. The van der Waals surface area contributed by atoms with E-state index in [9.17, 15) is 0 Å². The van der Waals surface area contributed by atoms with Crippen LogP contribution >= 0.6 is 11.8 Å². The van der Waals surface area contributed by atoms with Crippen LogP contribution in [0.2, 0.25) is 0 Å². The first kappa shape index (κ1) is 36.3. The van der Waals surface area contributed by atoms with Crippen molar-refractivity contribution in [1.29, 1.82) is 0 Å². The zero-order valence-corrected chi connectivity index (χ0v) is 33.7. The van der Waals surface area contributed by atoms with Gasteiger partial charge in [0, 0.05) is 32.4 Å². The highest BCUT2D eigenvalue weighted by Crippen LogP contribution is 2.62. The largest absolute Gasteiger partial charge is 0.497 e. The molecular weight excluding hydrogens is 713 g/mol. The second-order valence-corrected chi connectivity index (χ2v) is 16.4. The van der Waals surface area contributed by atoms with Gasteiger partial charge >= 0.3 is 0 Å². The third kappa shape index (κ3) is 5.84. The van der Waals surface area contributed by atoms with Crippen LogP contribution in [0.5, 0.6) is 28.7 Å². The first-order valence-electron chi connectivity index (χ1n) is 19.7. The van der Waals surface area contributed by atoms with Crippen molar-refractivity contribution in [1.82, 2.24) is 0 Å². The summed E-state index contributed by atoms with van der Waals surface area (Å²) in [6, 6.07) is 36.6. The average Bonchev–Trinajstić information content (AvgIpc) is 3.53. The summed E-state index contributed by atoms with van der Waals surface area (Å²) in [5.41, 5.74) is 8.87. The van der Waals surface area contributed by atoms with Crippen LogP contribution in [0.3, 0.4) is 0 Å². The van der Waals surface area contributed by atoms with E-state index in [0.717, 1.165) is 73.5 Å². The average molecular weight is 761 g/mol. The molecule has 1 saturated carbocycles. The lowest BCUT2D eigenvalue weighted by molar-refractivity contribution is 0.163. The van der Waals surface area contributed by atoms with Crippen molar-refractivity contribution in [3.63, 3.8) is 0 Å². The van der Waals surface area contributed by atoms with Gasteiger partial charge in [0.25, 0.3) is 0 Å². The third-order valence-electron chi connectivity index (χ3n) is 12.4. The van der Waals surface area contributed by atoms with Crippen LogP contribution in [0, 0.1) is 6.92 Å². The molecule has 0 saturated heterocycles. The molecule has 1 aliphatic heterocycles. The van der Waals surface area contributed by atoms with Crippen molar-refractivity contribution >= 4 is 28.6 Å². The van der Waals surface area contributed by atoms with E-state index >= 15 is 0 Å². The summed E-state index contributed by atoms with van der Waals surface area (Å²) in [6.45, 7) is 2.14. The van der Waals surface area contributed by atoms with E-state index in [1.165, 1.54) is 65.3 Å². The van der Waals surface area contributed by atoms with Gasteiger partial charge in [0.05, 0.1) is 33.3 Å². The van der Waals surface area contributed by atoms with Gasteiger partial charge in [-0.3, -0.25) is 0 Å². The molecule has 1 spiro atoms. The number of methoxy groups -OCH3 is 4. The highest BCUT2D eigenvalue weighted by Gasteiger charge is 2.48. The minimum Gasteiger partial charge on any atom is -0.497 e. The van der Waals surface area contributed by atoms with Crippen LogP contribution in [0.15, 0.2) is 119 Å². The minimum atomic E-state index is -0.923. The molecule has 284 valence electrons. The SMILES string of the molecule is COc1ccc(C2(c3ccc(OC)cc3)C=Cc3c4c(c5cc(Sc6ccc(OC)cc6C)c(OC)cc5c3O2)-c2ccccc2C42CCCCCCC2)cc1. The van der Waals surface area contributed by atoms with Gasteiger partial charge in [-0.2, -0.15) is 0 Å². The summed E-state index contributed by atoms with van der Waals surface area (Å²) in [5.74, 6) is 4.15. The fourth-order valence-corrected chi connectivity index (χ4v) is 10.6. The Morgan fingerprint density at radius 1 is 0.607 bits per heavy atom.